The Morgan fingerprint density at radius 3 is 3.11 bits per heavy atom. The van der Waals surface area contributed by atoms with Gasteiger partial charge < -0.3 is 10.1 Å². The molecule has 1 unspecified atom stereocenters. The third-order valence-corrected chi connectivity index (χ3v) is 5.24. The van der Waals surface area contributed by atoms with E-state index in [1.807, 2.05) is 29.5 Å². The molecule has 0 fully saturated rings. The zero-order valence-corrected chi connectivity index (χ0v) is 13.2. The number of nitrogens with one attached hydrogen (secondary N) is 1. The Kier molecular flexibility index (Phi) is 3.80. The van der Waals surface area contributed by atoms with Crippen LogP contribution in [-0.4, -0.2) is 7.11 Å². The number of rotatable bonds is 3. The molecular weight excluding hydrogens is 322 g/mol. The fourth-order valence-corrected chi connectivity index (χ4v) is 3.91. The molecule has 0 amide bonds. The van der Waals surface area contributed by atoms with Gasteiger partial charge in [-0.15, -0.1) is 11.3 Å². The van der Waals surface area contributed by atoms with Crippen LogP contribution in [0.25, 0.3) is 0 Å². The molecule has 1 heterocycles. The van der Waals surface area contributed by atoms with E-state index in [1.165, 1.54) is 29.7 Å². The van der Waals surface area contributed by atoms with Crippen LogP contribution in [-0.2, 0) is 6.42 Å². The molecule has 2 nitrogen and oxygen atoms in total. The second-order valence-electron chi connectivity index (χ2n) is 4.73. The van der Waals surface area contributed by atoms with Crippen molar-refractivity contribution in [3.05, 3.63) is 44.6 Å². The maximum atomic E-state index is 5.29. The predicted octanol–water partition coefficient (Wildman–Crippen LogP) is 5.01. The maximum absolute atomic E-state index is 5.29. The Balaban J connectivity index is 1.87. The van der Waals surface area contributed by atoms with Crippen LogP contribution in [0.4, 0.5) is 5.69 Å². The minimum absolute atomic E-state index is 0.415. The van der Waals surface area contributed by atoms with Gasteiger partial charge in [-0.1, -0.05) is 0 Å². The summed E-state index contributed by atoms with van der Waals surface area (Å²) in [6.45, 7) is 0. The summed E-state index contributed by atoms with van der Waals surface area (Å²) >= 11 is 5.48. The lowest BCUT2D eigenvalue weighted by Crippen LogP contribution is -2.15. The van der Waals surface area contributed by atoms with Gasteiger partial charge in [-0.3, -0.25) is 0 Å². The lowest BCUT2D eigenvalue weighted by Gasteiger charge is -2.25. The Bertz CT molecular complexity index is 581. The van der Waals surface area contributed by atoms with Crippen molar-refractivity contribution in [1.82, 2.24) is 0 Å². The molecule has 19 heavy (non-hydrogen) atoms. The van der Waals surface area contributed by atoms with Gasteiger partial charge in [0.15, 0.2) is 0 Å². The molecule has 4 heteroatoms. The van der Waals surface area contributed by atoms with Crippen LogP contribution in [0.5, 0.6) is 5.75 Å². The topological polar surface area (TPSA) is 21.3 Å². The Morgan fingerprint density at radius 2 is 2.26 bits per heavy atom. The molecule has 1 aromatic carbocycles. The molecule has 1 aliphatic carbocycles. The largest absolute Gasteiger partial charge is 0.497 e. The van der Waals surface area contributed by atoms with E-state index in [0.717, 1.165) is 15.9 Å². The number of hydrogen-bond acceptors (Lipinski definition) is 3. The molecule has 0 bridgehead atoms. The van der Waals surface area contributed by atoms with Crippen LogP contribution in [0.1, 0.15) is 29.3 Å². The Hall–Kier alpha value is -1.00. The smallest absolute Gasteiger partial charge is 0.121 e. The molecule has 3 rings (SSSR count). The normalized spacial score (nSPS) is 17.9. The number of thiophene rings is 1. The van der Waals surface area contributed by atoms with Crippen LogP contribution >= 0.6 is 27.3 Å². The molecule has 1 aliphatic rings. The van der Waals surface area contributed by atoms with Gasteiger partial charge in [0.25, 0.3) is 0 Å². The summed E-state index contributed by atoms with van der Waals surface area (Å²) in [5.74, 6) is 0.882. The number of methoxy groups -OCH3 is 1. The molecule has 100 valence electrons. The lowest BCUT2D eigenvalue weighted by molar-refractivity contribution is 0.415. The van der Waals surface area contributed by atoms with Gasteiger partial charge in [0.1, 0.15) is 5.75 Å². The molecule has 1 aromatic heterocycles. The first-order chi connectivity index (χ1) is 9.28. The van der Waals surface area contributed by atoms with E-state index < -0.39 is 0 Å². The first-order valence-electron chi connectivity index (χ1n) is 6.44. The minimum Gasteiger partial charge on any atom is -0.497 e. The number of anilines is 1. The van der Waals surface area contributed by atoms with Gasteiger partial charge in [0, 0.05) is 15.4 Å². The minimum atomic E-state index is 0.415. The second-order valence-corrected chi connectivity index (χ2v) is 6.59. The number of benzene rings is 1. The van der Waals surface area contributed by atoms with E-state index in [0.29, 0.717) is 6.04 Å². The molecule has 0 saturated heterocycles. The fraction of sp³-hybridized carbons (Fsp3) is 0.333. The molecule has 0 radical (unpaired) electrons. The summed E-state index contributed by atoms with van der Waals surface area (Å²) < 4.78 is 6.37. The van der Waals surface area contributed by atoms with Crippen molar-refractivity contribution in [3.8, 4) is 5.75 Å². The third-order valence-electron chi connectivity index (χ3n) is 3.56. The summed E-state index contributed by atoms with van der Waals surface area (Å²) in [5, 5.41) is 5.85. The summed E-state index contributed by atoms with van der Waals surface area (Å²) in [6.07, 6.45) is 3.67. The SMILES string of the molecule is COc1ccc(Br)c(NC2CCCc3sccc32)c1. The average molecular weight is 338 g/mol. The summed E-state index contributed by atoms with van der Waals surface area (Å²) in [5.41, 5.74) is 2.56. The summed E-state index contributed by atoms with van der Waals surface area (Å²) in [6, 6.07) is 8.71. The maximum Gasteiger partial charge on any atom is 0.121 e. The van der Waals surface area contributed by atoms with Crippen molar-refractivity contribution < 1.29 is 4.74 Å². The zero-order chi connectivity index (χ0) is 13.2. The molecule has 0 spiro atoms. The summed E-state index contributed by atoms with van der Waals surface area (Å²) in [7, 11) is 1.70. The van der Waals surface area contributed by atoms with E-state index in [2.05, 4.69) is 32.7 Å². The van der Waals surface area contributed by atoms with Crippen LogP contribution in [0.2, 0.25) is 0 Å². The van der Waals surface area contributed by atoms with Crippen LogP contribution in [0, 0.1) is 0 Å². The number of ether oxygens (including phenoxy) is 1. The number of fused-ring (bicyclic) bond motifs is 1. The molecule has 1 atom stereocenters. The van der Waals surface area contributed by atoms with E-state index in [-0.39, 0.29) is 0 Å². The average Bonchev–Trinajstić information content (AvgIpc) is 2.90. The molecule has 0 saturated carbocycles. The molecule has 1 N–H and O–H groups in total. The van der Waals surface area contributed by atoms with Crippen LogP contribution < -0.4 is 10.1 Å². The van der Waals surface area contributed by atoms with Gasteiger partial charge in [0.05, 0.1) is 18.8 Å². The second kappa shape index (κ2) is 5.55. The quantitative estimate of drug-likeness (QED) is 0.849. The molecule has 0 aliphatic heterocycles. The Morgan fingerprint density at radius 1 is 1.37 bits per heavy atom. The van der Waals surface area contributed by atoms with Crippen molar-refractivity contribution in [2.24, 2.45) is 0 Å². The van der Waals surface area contributed by atoms with E-state index >= 15 is 0 Å². The van der Waals surface area contributed by atoms with Crippen LogP contribution in [0.15, 0.2) is 34.1 Å². The highest BCUT2D eigenvalue weighted by Crippen LogP contribution is 2.37. The first kappa shape index (κ1) is 13.0. The van der Waals surface area contributed by atoms with Crippen molar-refractivity contribution in [2.75, 3.05) is 12.4 Å². The van der Waals surface area contributed by atoms with Crippen LogP contribution in [0.3, 0.4) is 0 Å². The standard InChI is InChI=1S/C15H16BrNOS/c1-18-10-5-6-12(16)14(9-10)17-13-3-2-4-15-11(13)7-8-19-15/h5-9,13,17H,2-4H2,1H3. The van der Waals surface area contributed by atoms with Crippen molar-refractivity contribution >= 4 is 33.0 Å². The van der Waals surface area contributed by atoms with Crippen molar-refractivity contribution in [3.63, 3.8) is 0 Å². The number of aryl methyl sites for hydroxylation is 1. The Labute approximate surface area is 125 Å². The van der Waals surface area contributed by atoms with Gasteiger partial charge in [-0.2, -0.15) is 0 Å². The van der Waals surface area contributed by atoms with E-state index in [1.54, 1.807) is 7.11 Å². The van der Waals surface area contributed by atoms with Crippen molar-refractivity contribution in [2.45, 2.75) is 25.3 Å². The lowest BCUT2D eigenvalue weighted by atomic mass is 9.94. The number of halogens is 1. The zero-order valence-electron chi connectivity index (χ0n) is 10.8. The van der Waals surface area contributed by atoms with Gasteiger partial charge in [-0.25, -0.2) is 0 Å². The first-order valence-corrected chi connectivity index (χ1v) is 8.11. The molecule has 2 aromatic rings. The van der Waals surface area contributed by atoms with Gasteiger partial charge in [-0.05, 0) is 64.3 Å². The third kappa shape index (κ3) is 2.65. The summed E-state index contributed by atoms with van der Waals surface area (Å²) in [4.78, 5) is 1.53. The fourth-order valence-electron chi connectivity index (χ4n) is 2.57. The van der Waals surface area contributed by atoms with E-state index in [9.17, 15) is 0 Å². The highest BCUT2D eigenvalue weighted by Gasteiger charge is 2.21. The van der Waals surface area contributed by atoms with Crippen molar-refractivity contribution in [1.29, 1.82) is 0 Å². The highest BCUT2D eigenvalue weighted by atomic mass is 79.9. The number of hydrogen-bond donors (Lipinski definition) is 1. The molecular formula is C15H16BrNOS. The predicted molar refractivity (Wildman–Crippen MR) is 84.3 cm³/mol. The van der Waals surface area contributed by atoms with Gasteiger partial charge >= 0.3 is 0 Å². The van der Waals surface area contributed by atoms with E-state index in [4.69, 9.17) is 4.74 Å². The van der Waals surface area contributed by atoms with Gasteiger partial charge in [0.2, 0.25) is 0 Å². The monoisotopic (exact) mass is 337 g/mol. The highest BCUT2D eigenvalue weighted by molar-refractivity contribution is 9.10.